The van der Waals surface area contributed by atoms with Crippen LogP contribution in [-0.2, 0) is 14.4 Å². The molecule has 0 aromatic carbocycles. The van der Waals surface area contributed by atoms with Gasteiger partial charge < -0.3 is 15.5 Å². The van der Waals surface area contributed by atoms with E-state index in [-0.39, 0.29) is 18.7 Å². The Labute approximate surface area is 195 Å². The van der Waals surface area contributed by atoms with Crippen LogP contribution in [0.3, 0.4) is 0 Å². The lowest BCUT2D eigenvalue weighted by Crippen LogP contribution is -2.48. The lowest BCUT2D eigenvalue weighted by molar-refractivity contribution is -0.152. The monoisotopic (exact) mass is 455 g/mol. The minimum absolute atomic E-state index is 0.254. The molecule has 0 saturated carbocycles. The Bertz CT molecular complexity index is 495. The van der Waals surface area contributed by atoms with Gasteiger partial charge in [0.1, 0.15) is 6.04 Å². The van der Waals surface area contributed by atoms with Crippen molar-refractivity contribution in [3.05, 3.63) is 0 Å². The second-order valence-corrected chi connectivity index (χ2v) is 9.17. The van der Waals surface area contributed by atoms with E-state index < -0.39 is 23.9 Å². The van der Waals surface area contributed by atoms with E-state index in [0.29, 0.717) is 12.8 Å². The quantitative estimate of drug-likeness (QED) is 0.149. The maximum absolute atomic E-state index is 12.2. The Hall–Kier alpha value is -1.59. The van der Waals surface area contributed by atoms with Crippen LogP contribution in [-0.4, -0.2) is 34.1 Å². The number of nitrogens with one attached hydrogen (secondary N) is 1. The standard InChI is InChI=1S/C26H49NO5/c1-3-5-7-9-11-13-15-17-19-21-23(28)27-24(26(31)32)22(25(29)30)20-18-16-14-12-10-8-6-4-2/h22,24H,3-21H2,1-2H3,(H,27,28)(H,29,30)(H,31,32). The van der Waals surface area contributed by atoms with E-state index >= 15 is 0 Å². The number of carboxylic acids is 2. The van der Waals surface area contributed by atoms with Crippen LogP contribution in [0.2, 0.25) is 0 Å². The summed E-state index contributed by atoms with van der Waals surface area (Å²) in [6, 6.07) is -1.36. The van der Waals surface area contributed by atoms with E-state index in [1.807, 2.05) is 0 Å². The van der Waals surface area contributed by atoms with Gasteiger partial charge in [-0.3, -0.25) is 9.59 Å². The third-order valence-electron chi connectivity index (χ3n) is 6.18. The number of carboxylic acid groups (broad SMARTS) is 2. The molecule has 0 heterocycles. The van der Waals surface area contributed by atoms with Crippen molar-refractivity contribution in [1.29, 1.82) is 0 Å². The zero-order chi connectivity index (χ0) is 24.0. The molecule has 0 fully saturated rings. The van der Waals surface area contributed by atoms with Crippen molar-refractivity contribution in [3.63, 3.8) is 0 Å². The molecule has 0 aliphatic rings. The second kappa shape index (κ2) is 21.3. The summed E-state index contributed by atoms with van der Waals surface area (Å²) in [5, 5.41) is 21.5. The first kappa shape index (κ1) is 30.4. The van der Waals surface area contributed by atoms with Gasteiger partial charge in [0, 0.05) is 6.42 Å². The lowest BCUT2D eigenvalue weighted by atomic mass is 9.92. The average Bonchev–Trinajstić information content (AvgIpc) is 2.75. The summed E-state index contributed by atoms with van der Waals surface area (Å²) in [5.41, 5.74) is 0. The van der Waals surface area contributed by atoms with E-state index in [0.717, 1.165) is 32.1 Å². The van der Waals surface area contributed by atoms with Crippen LogP contribution in [0.4, 0.5) is 0 Å². The van der Waals surface area contributed by atoms with E-state index in [2.05, 4.69) is 19.2 Å². The molecule has 0 rings (SSSR count). The number of amides is 1. The molecule has 0 saturated heterocycles. The van der Waals surface area contributed by atoms with Crippen LogP contribution < -0.4 is 5.32 Å². The zero-order valence-electron chi connectivity index (χ0n) is 20.7. The number of aliphatic carboxylic acids is 2. The SMILES string of the molecule is CCCCCCCCCCCC(=O)NC(C(=O)O)C(CCCCCCCCCC)C(=O)O. The number of carbonyl (C=O) groups is 3. The third kappa shape index (κ3) is 17.0. The molecule has 3 N–H and O–H groups in total. The maximum atomic E-state index is 12.2. The Kier molecular flexibility index (Phi) is 20.2. The molecule has 0 spiro atoms. The Morgan fingerprint density at radius 3 is 1.41 bits per heavy atom. The van der Waals surface area contributed by atoms with Gasteiger partial charge in [-0.1, -0.05) is 117 Å². The van der Waals surface area contributed by atoms with E-state index in [1.165, 1.54) is 64.2 Å². The largest absolute Gasteiger partial charge is 0.481 e. The van der Waals surface area contributed by atoms with Gasteiger partial charge >= 0.3 is 11.9 Å². The second-order valence-electron chi connectivity index (χ2n) is 9.17. The van der Waals surface area contributed by atoms with Crippen LogP contribution in [0, 0.1) is 5.92 Å². The molecular formula is C26H49NO5. The lowest BCUT2D eigenvalue weighted by Gasteiger charge is -2.21. The minimum atomic E-state index is -1.36. The summed E-state index contributed by atoms with van der Waals surface area (Å²) in [4.78, 5) is 35.6. The molecule has 0 aromatic rings. The summed E-state index contributed by atoms with van der Waals surface area (Å²) >= 11 is 0. The molecule has 2 atom stereocenters. The highest BCUT2D eigenvalue weighted by Gasteiger charge is 2.34. The molecule has 6 nitrogen and oxygen atoms in total. The number of hydrogen-bond acceptors (Lipinski definition) is 3. The highest BCUT2D eigenvalue weighted by molar-refractivity contribution is 5.88. The molecule has 0 bridgehead atoms. The molecule has 188 valence electrons. The molecular weight excluding hydrogens is 406 g/mol. The molecule has 0 aromatic heterocycles. The van der Waals surface area contributed by atoms with E-state index in [1.54, 1.807) is 0 Å². The van der Waals surface area contributed by atoms with Gasteiger partial charge in [-0.05, 0) is 12.8 Å². The molecule has 0 aliphatic heterocycles. The van der Waals surface area contributed by atoms with Gasteiger partial charge in [0.25, 0.3) is 0 Å². The first-order chi connectivity index (χ1) is 15.4. The summed E-state index contributed by atoms with van der Waals surface area (Å²) < 4.78 is 0. The highest BCUT2D eigenvalue weighted by atomic mass is 16.4. The fourth-order valence-corrected chi connectivity index (χ4v) is 4.11. The maximum Gasteiger partial charge on any atom is 0.327 e. The summed E-state index contributed by atoms with van der Waals surface area (Å²) in [5.74, 6) is -3.86. The molecule has 2 unspecified atom stereocenters. The fraction of sp³-hybridized carbons (Fsp3) is 0.885. The summed E-state index contributed by atoms with van der Waals surface area (Å²) in [7, 11) is 0. The number of hydrogen-bond donors (Lipinski definition) is 3. The van der Waals surface area contributed by atoms with Crippen LogP contribution in [0.5, 0.6) is 0 Å². The first-order valence-electron chi connectivity index (χ1n) is 13.2. The van der Waals surface area contributed by atoms with Crippen molar-refractivity contribution in [2.45, 2.75) is 142 Å². The number of rotatable bonds is 23. The first-order valence-corrected chi connectivity index (χ1v) is 13.2. The van der Waals surface area contributed by atoms with Crippen molar-refractivity contribution in [2.24, 2.45) is 5.92 Å². The predicted octanol–water partition coefficient (Wildman–Crippen LogP) is 6.71. The van der Waals surface area contributed by atoms with Crippen LogP contribution in [0.1, 0.15) is 136 Å². The third-order valence-corrected chi connectivity index (χ3v) is 6.18. The van der Waals surface area contributed by atoms with E-state index in [9.17, 15) is 24.6 Å². The normalized spacial score (nSPS) is 12.9. The Balaban J connectivity index is 4.18. The Morgan fingerprint density at radius 2 is 1.00 bits per heavy atom. The predicted molar refractivity (Wildman–Crippen MR) is 130 cm³/mol. The van der Waals surface area contributed by atoms with Gasteiger partial charge in [-0.15, -0.1) is 0 Å². The van der Waals surface area contributed by atoms with Crippen LogP contribution in [0.25, 0.3) is 0 Å². The van der Waals surface area contributed by atoms with Crippen molar-refractivity contribution in [2.75, 3.05) is 0 Å². The topological polar surface area (TPSA) is 104 Å². The van der Waals surface area contributed by atoms with Crippen molar-refractivity contribution in [3.8, 4) is 0 Å². The van der Waals surface area contributed by atoms with Crippen LogP contribution in [0.15, 0.2) is 0 Å². The van der Waals surface area contributed by atoms with Gasteiger partial charge in [0.2, 0.25) is 5.91 Å². The average molecular weight is 456 g/mol. The smallest absolute Gasteiger partial charge is 0.327 e. The van der Waals surface area contributed by atoms with Gasteiger partial charge in [0.15, 0.2) is 0 Å². The van der Waals surface area contributed by atoms with Crippen molar-refractivity contribution >= 4 is 17.8 Å². The molecule has 32 heavy (non-hydrogen) atoms. The Morgan fingerprint density at radius 1 is 0.594 bits per heavy atom. The van der Waals surface area contributed by atoms with E-state index in [4.69, 9.17) is 0 Å². The molecule has 6 heteroatoms. The van der Waals surface area contributed by atoms with Crippen molar-refractivity contribution < 1.29 is 24.6 Å². The van der Waals surface area contributed by atoms with Gasteiger partial charge in [0.05, 0.1) is 5.92 Å². The number of unbranched alkanes of at least 4 members (excludes halogenated alkanes) is 15. The van der Waals surface area contributed by atoms with Gasteiger partial charge in [-0.2, -0.15) is 0 Å². The zero-order valence-corrected chi connectivity index (χ0v) is 20.7. The highest BCUT2D eigenvalue weighted by Crippen LogP contribution is 2.18. The van der Waals surface area contributed by atoms with Crippen molar-refractivity contribution in [1.82, 2.24) is 5.32 Å². The molecule has 1 amide bonds. The molecule has 0 radical (unpaired) electrons. The number of carbonyl (C=O) groups excluding carboxylic acids is 1. The van der Waals surface area contributed by atoms with Gasteiger partial charge in [-0.25, -0.2) is 4.79 Å². The minimum Gasteiger partial charge on any atom is -0.481 e. The molecule has 0 aliphatic carbocycles. The summed E-state index contributed by atoms with van der Waals surface area (Å²) in [6.45, 7) is 4.38. The fourth-order valence-electron chi connectivity index (χ4n) is 4.11. The summed E-state index contributed by atoms with van der Waals surface area (Å²) in [6.07, 6.45) is 19.4. The van der Waals surface area contributed by atoms with Crippen LogP contribution >= 0.6 is 0 Å².